The lowest BCUT2D eigenvalue weighted by Gasteiger charge is -1.98. The number of fused-ring (bicyclic) bond motifs is 1. The average Bonchev–Trinajstić information content (AvgIpc) is 2.49. The maximum atomic E-state index is 6.01. The molecule has 0 fully saturated rings. The highest BCUT2D eigenvalue weighted by Gasteiger charge is 2.15. The van der Waals surface area contributed by atoms with Crippen molar-refractivity contribution in [1.29, 1.82) is 0 Å². The minimum absolute atomic E-state index is 0.659. The number of rotatable bonds is 2. The molecule has 1 aliphatic carbocycles. The molecule has 2 nitrogen and oxygen atoms in total. The van der Waals surface area contributed by atoms with E-state index in [2.05, 4.69) is 11.1 Å². The standard InChI is InChI=1S/C10H10ClNO/c1-13-6-7-4-8-9(11)2-3-12-10(8)5-7/h2-4H,5-6H2,1H3. The van der Waals surface area contributed by atoms with E-state index in [-0.39, 0.29) is 0 Å². The second-order valence-electron chi connectivity index (χ2n) is 3.07. The highest BCUT2D eigenvalue weighted by Crippen LogP contribution is 2.28. The Morgan fingerprint density at radius 2 is 2.46 bits per heavy atom. The minimum atomic E-state index is 0.659. The highest BCUT2D eigenvalue weighted by atomic mass is 35.5. The molecule has 0 aliphatic heterocycles. The SMILES string of the molecule is COCC1=Cc2c(Cl)ccnc2C1. The molecule has 13 heavy (non-hydrogen) atoms. The summed E-state index contributed by atoms with van der Waals surface area (Å²) in [4.78, 5) is 4.26. The van der Waals surface area contributed by atoms with Gasteiger partial charge >= 0.3 is 0 Å². The molecule has 1 heterocycles. The van der Waals surface area contributed by atoms with Crippen LogP contribution in [0.25, 0.3) is 6.08 Å². The first-order chi connectivity index (χ1) is 6.31. The number of ether oxygens (including phenoxy) is 1. The number of pyridine rings is 1. The van der Waals surface area contributed by atoms with Crippen LogP contribution in [0.3, 0.4) is 0 Å². The van der Waals surface area contributed by atoms with Crippen LogP contribution < -0.4 is 0 Å². The van der Waals surface area contributed by atoms with E-state index < -0.39 is 0 Å². The van der Waals surface area contributed by atoms with Gasteiger partial charge in [-0.05, 0) is 17.7 Å². The summed E-state index contributed by atoms with van der Waals surface area (Å²) >= 11 is 6.01. The molecule has 0 amide bonds. The zero-order valence-electron chi connectivity index (χ0n) is 7.38. The summed E-state index contributed by atoms with van der Waals surface area (Å²) in [6.07, 6.45) is 4.67. The molecule has 1 aromatic rings. The Kier molecular flexibility index (Phi) is 2.34. The van der Waals surface area contributed by atoms with Crippen LogP contribution in [0.15, 0.2) is 17.8 Å². The van der Waals surface area contributed by atoms with Crippen molar-refractivity contribution in [3.05, 3.63) is 34.1 Å². The summed E-state index contributed by atoms with van der Waals surface area (Å²) in [7, 11) is 1.69. The Balaban J connectivity index is 2.32. The lowest BCUT2D eigenvalue weighted by molar-refractivity contribution is 0.225. The first kappa shape index (κ1) is 8.73. The molecule has 1 aliphatic rings. The molecule has 0 spiro atoms. The fourth-order valence-corrected chi connectivity index (χ4v) is 1.75. The average molecular weight is 196 g/mol. The Morgan fingerprint density at radius 3 is 3.15 bits per heavy atom. The number of methoxy groups -OCH3 is 1. The van der Waals surface area contributed by atoms with Crippen LogP contribution >= 0.6 is 11.6 Å². The van der Waals surface area contributed by atoms with E-state index in [0.29, 0.717) is 6.61 Å². The first-order valence-corrected chi connectivity index (χ1v) is 4.51. The predicted octanol–water partition coefficient (Wildman–Crippen LogP) is 2.32. The topological polar surface area (TPSA) is 22.1 Å². The van der Waals surface area contributed by atoms with E-state index in [0.717, 1.165) is 22.7 Å². The molecule has 0 aromatic carbocycles. The predicted molar refractivity (Wildman–Crippen MR) is 52.8 cm³/mol. The summed E-state index contributed by atoms with van der Waals surface area (Å²) in [5.74, 6) is 0. The lowest BCUT2D eigenvalue weighted by Crippen LogP contribution is -1.94. The molecule has 2 rings (SSSR count). The van der Waals surface area contributed by atoms with Gasteiger partial charge in [0, 0.05) is 25.3 Å². The maximum absolute atomic E-state index is 6.01. The van der Waals surface area contributed by atoms with Gasteiger partial charge in [0.25, 0.3) is 0 Å². The van der Waals surface area contributed by atoms with Crippen molar-refractivity contribution in [3.63, 3.8) is 0 Å². The molecule has 0 atom stereocenters. The van der Waals surface area contributed by atoms with Gasteiger partial charge < -0.3 is 4.74 Å². The third-order valence-corrected chi connectivity index (χ3v) is 2.42. The normalized spacial score (nSPS) is 14.2. The van der Waals surface area contributed by atoms with Gasteiger partial charge in [-0.2, -0.15) is 0 Å². The van der Waals surface area contributed by atoms with Crippen molar-refractivity contribution < 1.29 is 4.74 Å². The van der Waals surface area contributed by atoms with Crippen molar-refractivity contribution in [2.45, 2.75) is 6.42 Å². The summed E-state index contributed by atoms with van der Waals surface area (Å²) in [6.45, 7) is 0.659. The quantitative estimate of drug-likeness (QED) is 0.723. The third kappa shape index (κ3) is 1.60. The molecular formula is C10H10ClNO. The number of hydrogen-bond acceptors (Lipinski definition) is 2. The van der Waals surface area contributed by atoms with Gasteiger partial charge in [0.05, 0.1) is 17.3 Å². The van der Waals surface area contributed by atoms with E-state index in [4.69, 9.17) is 16.3 Å². The van der Waals surface area contributed by atoms with E-state index in [1.165, 1.54) is 5.57 Å². The Hall–Kier alpha value is -0.860. The monoisotopic (exact) mass is 195 g/mol. The van der Waals surface area contributed by atoms with Crippen LogP contribution in [-0.2, 0) is 11.2 Å². The number of halogens is 1. The summed E-state index contributed by atoms with van der Waals surface area (Å²) in [6, 6.07) is 1.81. The van der Waals surface area contributed by atoms with Crippen LogP contribution in [0.5, 0.6) is 0 Å². The second kappa shape index (κ2) is 3.48. The molecule has 0 N–H and O–H groups in total. The molecule has 68 valence electrons. The Bertz CT molecular complexity index is 360. The summed E-state index contributed by atoms with van der Waals surface area (Å²) < 4.78 is 5.06. The van der Waals surface area contributed by atoms with Crippen molar-refractivity contribution >= 4 is 17.7 Å². The van der Waals surface area contributed by atoms with Gasteiger partial charge in [-0.25, -0.2) is 0 Å². The number of aromatic nitrogens is 1. The van der Waals surface area contributed by atoms with Crippen LogP contribution in [-0.4, -0.2) is 18.7 Å². The zero-order valence-corrected chi connectivity index (χ0v) is 8.14. The molecule has 0 bridgehead atoms. The third-order valence-electron chi connectivity index (χ3n) is 2.09. The van der Waals surface area contributed by atoms with Crippen molar-refractivity contribution in [3.8, 4) is 0 Å². The molecular weight excluding hydrogens is 186 g/mol. The number of nitrogens with zero attached hydrogens (tertiary/aromatic N) is 1. The van der Waals surface area contributed by atoms with Gasteiger partial charge in [0.1, 0.15) is 0 Å². The molecule has 0 saturated carbocycles. The van der Waals surface area contributed by atoms with Crippen molar-refractivity contribution in [2.24, 2.45) is 0 Å². The molecule has 1 aromatic heterocycles. The van der Waals surface area contributed by atoms with Gasteiger partial charge in [-0.1, -0.05) is 11.6 Å². The lowest BCUT2D eigenvalue weighted by atomic mass is 10.2. The number of hydrogen-bond donors (Lipinski definition) is 0. The van der Waals surface area contributed by atoms with E-state index in [1.54, 1.807) is 13.3 Å². The van der Waals surface area contributed by atoms with Crippen molar-refractivity contribution in [1.82, 2.24) is 4.98 Å². The summed E-state index contributed by atoms with van der Waals surface area (Å²) in [5.41, 5.74) is 3.34. The van der Waals surface area contributed by atoms with Crippen LogP contribution in [0.1, 0.15) is 11.3 Å². The smallest absolute Gasteiger partial charge is 0.0680 e. The van der Waals surface area contributed by atoms with E-state index in [9.17, 15) is 0 Å². The molecule has 0 saturated heterocycles. The van der Waals surface area contributed by atoms with E-state index in [1.807, 2.05) is 6.07 Å². The van der Waals surface area contributed by atoms with Gasteiger partial charge in [-0.3, -0.25) is 4.98 Å². The largest absolute Gasteiger partial charge is 0.380 e. The summed E-state index contributed by atoms with van der Waals surface area (Å²) in [5, 5.41) is 0.774. The second-order valence-corrected chi connectivity index (χ2v) is 3.47. The van der Waals surface area contributed by atoms with Gasteiger partial charge in [0.2, 0.25) is 0 Å². The van der Waals surface area contributed by atoms with Gasteiger partial charge in [0.15, 0.2) is 0 Å². The maximum Gasteiger partial charge on any atom is 0.0680 e. The zero-order chi connectivity index (χ0) is 9.26. The Labute approximate surface area is 82.2 Å². The minimum Gasteiger partial charge on any atom is -0.380 e. The fourth-order valence-electron chi connectivity index (χ4n) is 1.53. The van der Waals surface area contributed by atoms with Crippen LogP contribution in [0.2, 0.25) is 5.02 Å². The van der Waals surface area contributed by atoms with Crippen LogP contribution in [0.4, 0.5) is 0 Å². The first-order valence-electron chi connectivity index (χ1n) is 4.13. The van der Waals surface area contributed by atoms with E-state index >= 15 is 0 Å². The fraction of sp³-hybridized carbons (Fsp3) is 0.300. The molecule has 3 heteroatoms. The highest BCUT2D eigenvalue weighted by molar-refractivity contribution is 6.32. The van der Waals surface area contributed by atoms with Gasteiger partial charge in [-0.15, -0.1) is 0 Å². The Morgan fingerprint density at radius 1 is 1.62 bits per heavy atom. The molecule has 0 radical (unpaired) electrons. The van der Waals surface area contributed by atoms with Crippen molar-refractivity contribution in [2.75, 3.05) is 13.7 Å². The van der Waals surface area contributed by atoms with Crippen LogP contribution in [0, 0.1) is 0 Å². The molecule has 0 unspecified atom stereocenters.